The quantitative estimate of drug-likeness (QED) is 0.868. The molecule has 1 aromatic rings. The number of hydrogen-bond donors (Lipinski definition) is 1. The van der Waals surface area contributed by atoms with Crippen LogP contribution in [0, 0.1) is 0 Å². The molecule has 0 aromatic carbocycles. The molecule has 0 spiro atoms. The van der Waals surface area contributed by atoms with Crippen molar-refractivity contribution in [2.45, 2.75) is 19.1 Å². The zero-order valence-corrected chi connectivity index (χ0v) is 9.71. The van der Waals surface area contributed by atoms with Gasteiger partial charge in [0, 0.05) is 25.1 Å². The van der Waals surface area contributed by atoms with Crippen molar-refractivity contribution < 1.29 is 17.9 Å². The SMILES string of the molecule is CCNC(COC)c1cnccc1C(F)(F)F. The second-order valence-corrected chi connectivity index (χ2v) is 3.53. The van der Waals surface area contributed by atoms with Crippen molar-refractivity contribution in [1.82, 2.24) is 10.3 Å². The zero-order valence-electron chi connectivity index (χ0n) is 9.71. The van der Waals surface area contributed by atoms with Crippen molar-refractivity contribution in [2.24, 2.45) is 0 Å². The molecule has 1 heterocycles. The highest BCUT2D eigenvalue weighted by Crippen LogP contribution is 2.34. The maximum atomic E-state index is 12.8. The highest BCUT2D eigenvalue weighted by atomic mass is 19.4. The van der Waals surface area contributed by atoms with E-state index in [0.29, 0.717) is 6.54 Å². The summed E-state index contributed by atoms with van der Waals surface area (Å²) in [7, 11) is 1.45. The van der Waals surface area contributed by atoms with Crippen molar-refractivity contribution in [3.05, 3.63) is 29.6 Å². The molecule has 1 rings (SSSR count). The van der Waals surface area contributed by atoms with Crippen molar-refractivity contribution in [2.75, 3.05) is 20.3 Å². The molecule has 1 unspecified atom stereocenters. The Morgan fingerprint density at radius 3 is 2.71 bits per heavy atom. The highest BCUT2D eigenvalue weighted by Gasteiger charge is 2.35. The molecule has 0 saturated carbocycles. The standard InChI is InChI=1S/C11H15F3N2O/c1-3-16-10(7-17-2)8-6-15-5-4-9(8)11(12,13)14/h4-6,10,16H,3,7H2,1-2H3. The molecule has 0 aliphatic carbocycles. The third kappa shape index (κ3) is 3.67. The molecule has 1 N–H and O–H groups in total. The molecule has 6 heteroatoms. The maximum Gasteiger partial charge on any atom is 0.416 e. The van der Waals surface area contributed by atoms with Crippen LogP contribution in [0.5, 0.6) is 0 Å². The molecule has 0 bridgehead atoms. The van der Waals surface area contributed by atoms with Crippen LogP contribution in [0.3, 0.4) is 0 Å². The summed E-state index contributed by atoms with van der Waals surface area (Å²) < 4.78 is 43.3. The molecule has 0 saturated heterocycles. The van der Waals surface area contributed by atoms with Gasteiger partial charge in [0.15, 0.2) is 0 Å². The summed E-state index contributed by atoms with van der Waals surface area (Å²) in [5, 5.41) is 2.95. The number of aromatic nitrogens is 1. The predicted octanol–water partition coefficient (Wildman–Crippen LogP) is 2.40. The summed E-state index contributed by atoms with van der Waals surface area (Å²) in [6, 6.07) is 0.477. The molecule has 0 fully saturated rings. The van der Waals surface area contributed by atoms with Crippen molar-refractivity contribution in [1.29, 1.82) is 0 Å². The lowest BCUT2D eigenvalue weighted by atomic mass is 10.0. The van der Waals surface area contributed by atoms with Gasteiger partial charge in [0.25, 0.3) is 0 Å². The van der Waals surface area contributed by atoms with Crippen LogP contribution in [0.2, 0.25) is 0 Å². The lowest BCUT2D eigenvalue weighted by Crippen LogP contribution is -2.27. The van der Waals surface area contributed by atoms with E-state index in [-0.39, 0.29) is 12.2 Å². The second kappa shape index (κ2) is 5.97. The Morgan fingerprint density at radius 2 is 2.18 bits per heavy atom. The number of hydrogen-bond acceptors (Lipinski definition) is 3. The Hall–Kier alpha value is -1.14. The fourth-order valence-corrected chi connectivity index (χ4v) is 1.61. The number of methoxy groups -OCH3 is 1. The number of likely N-dealkylation sites (N-methyl/N-ethyl adjacent to an activating group) is 1. The minimum absolute atomic E-state index is 0.115. The zero-order chi connectivity index (χ0) is 12.9. The van der Waals surface area contributed by atoms with Gasteiger partial charge in [0.1, 0.15) is 0 Å². The highest BCUT2D eigenvalue weighted by molar-refractivity contribution is 5.29. The van der Waals surface area contributed by atoms with Crippen molar-refractivity contribution >= 4 is 0 Å². The smallest absolute Gasteiger partial charge is 0.383 e. The molecular weight excluding hydrogens is 233 g/mol. The van der Waals surface area contributed by atoms with Gasteiger partial charge >= 0.3 is 6.18 Å². The first-order chi connectivity index (χ1) is 8.00. The third-order valence-electron chi connectivity index (χ3n) is 2.32. The summed E-state index contributed by atoms with van der Waals surface area (Å²) >= 11 is 0. The number of rotatable bonds is 5. The Morgan fingerprint density at radius 1 is 1.47 bits per heavy atom. The van der Waals surface area contributed by atoms with Crippen LogP contribution in [-0.4, -0.2) is 25.2 Å². The van der Waals surface area contributed by atoms with E-state index in [4.69, 9.17) is 4.74 Å². The maximum absolute atomic E-state index is 12.8. The normalized spacial score (nSPS) is 13.7. The second-order valence-electron chi connectivity index (χ2n) is 3.53. The Balaban J connectivity index is 3.09. The molecule has 0 radical (unpaired) electrons. The number of nitrogens with one attached hydrogen (secondary N) is 1. The van der Waals surface area contributed by atoms with Gasteiger partial charge in [-0.3, -0.25) is 4.98 Å². The van der Waals surface area contributed by atoms with Crippen LogP contribution in [0.25, 0.3) is 0 Å². The van der Waals surface area contributed by atoms with Crippen LogP contribution < -0.4 is 5.32 Å². The molecule has 3 nitrogen and oxygen atoms in total. The first-order valence-electron chi connectivity index (χ1n) is 5.24. The van der Waals surface area contributed by atoms with E-state index in [1.165, 1.54) is 13.3 Å². The van der Waals surface area contributed by atoms with E-state index < -0.39 is 17.8 Å². The number of nitrogens with zero attached hydrogens (tertiary/aromatic N) is 1. The lowest BCUT2D eigenvalue weighted by Gasteiger charge is -2.21. The molecule has 1 atom stereocenters. The van der Waals surface area contributed by atoms with Crippen LogP contribution >= 0.6 is 0 Å². The monoisotopic (exact) mass is 248 g/mol. The number of ether oxygens (including phenoxy) is 1. The van der Waals surface area contributed by atoms with Crippen molar-refractivity contribution in [3.63, 3.8) is 0 Å². The first kappa shape index (κ1) is 13.9. The van der Waals surface area contributed by atoms with Crippen molar-refractivity contribution in [3.8, 4) is 0 Å². The third-order valence-corrected chi connectivity index (χ3v) is 2.32. The summed E-state index contributed by atoms with van der Waals surface area (Å²) in [5.74, 6) is 0. The molecule has 0 aliphatic rings. The number of pyridine rings is 1. The molecule has 1 aromatic heterocycles. The van der Waals surface area contributed by atoms with E-state index in [1.807, 2.05) is 6.92 Å². The summed E-state index contributed by atoms with van der Waals surface area (Å²) in [6.07, 6.45) is -2.00. The van der Waals surface area contributed by atoms with Gasteiger partial charge in [-0.15, -0.1) is 0 Å². The van der Waals surface area contributed by atoms with Crippen LogP contribution in [0.1, 0.15) is 24.1 Å². The Labute approximate surface area is 98.0 Å². The summed E-state index contributed by atoms with van der Waals surface area (Å²) in [5.41, 5.74) is -0.556. The fourth-order valence-electron chi connectivity index (χ4n) is 1.61. The molecule has 96 valence electrons. The Bertz CT molecular complexity index is 349. The van der Waals surface area contributed by atoms with E-state index in [1.54, 1.807) is 0 Å². The van der Waals surface area contributed by atoms with Crippen LogP contribution in [0.15, 0.2) is 18.5 Å². The van der Waals surface area contributed by atoms with Gasteiger partial charge in [0.2, 0.25) is 0 Å². The minimum Gasteiger partial charge on any atom is -0.383 e. The van der Waals surface area contributed by atoms with E-state index >= 15 is 0 Å². The van der Waals surface area contributed by atoms with Gasteiger partial charge in [0.05, 0.1) is 18.2 Å². The molecule has 0 aliphatic heterocycles. The summed E-state index contributed by atoms with van der Waals surface area (Å²) in [6.45, 7) is 2.55. The number of halogens is 3. The van der Waals surface area contributed by atoms with Crippen LogP contribution in [-0.2, 0) is 10.9 Å². The number of alkyl halides is 3. The first-order valence-corrected chi connectivity index (χ1v) is 5.24. The minimum atomic E-state index is -4.38. The largest absolute Gasteiger partial charge is 0.416 e. The average molecular weight is 248 g/mol. The van der Waals surface area contributed by atoms with Crippen LogP contribution in [0.4, 0.5) is 13.2 Å². The van der Waals surface area contributed by atoms with Gasteiger partial charge in [-0.2, -0.15) is 13.2 Å². The molecule has 0 amide bonds. The predicted molar refractivity (Wildman–Crippen MR) is 57.5 cm³/mol. The Kier molecular flexibility index (Phi) is 4.89. The van der Waals surface area contributed by atoms with Gasteiger partial charge in [-0.25, -0.2) is 0 Å². The lowest BCUT2D eigenvalue weighted by molar-refractivity contribution is -0.138. The van der Waals surface area contributed by atoms with Gasteiger partial charge < -0.3 is 10.1 Å². The van der Waals surface area contributed by atoms with E-state index in [0.717, 1.165) is 12.3 Å². The molecule has 17 heavy (non-hydrogen) atoms. The fraction of sp³-hybridized carbons (Fsp3) is 0.545. The summed E-state index contributed by atoms with van der Waals surface area (Å²) in [4.78, 5) is 3.75. The average Bonchev–Trinajstić information content (AvgIpc) is 2.28. The molecular formula is C11H15F3N2O. The van der Waals surface area contributed by atoms with Gasteiger partial charge in [-0.05, 0) is 12.6 Å². The van der Waals surface area contributed by atoms with E-state index in [9.17, 15) is 13.2 Å². The van der Waals surface area contributed by atoms with E-state index in [2.05, 4.69) is 10.3 Å². The topological polar surface area (TPSA) is 34.1 Å². The van der Waals surface area contributed by atoms with Gasteiger partial charge in [-0.1, -0.05) is 6.92 Å².